The zero-order chi connectivity index (χ0) is 14.2. The number of terminal acetylenes is 1. The first-order valence-corrected chi connectivity index (χ1v) is 5.60. The second-order valence-electron chi connectivity index (χ2n) is 4.40. The summed E-state index contributed by atoms with van der Waals surface area (Å²) in [6, 6.07) is 0. The summed E-state index contributed by atoms with van der Waals surface area (Å²) >= 11 is 0. The minimum absolute atomic E-state index is 0.0161. The molecule has 0 saturated carbocycles. The molecule has 2 unspecified atom stereocenters. The van der Waals surface area contributed by atoms with E-state index in [9.17, 15) is 14.7 Å². The van der Waals surface area contributed by atoms with E-state index in [0.717, 1.165) is 4.57 Å². The highest BCUT2D eigenvalue weighted by Gasteiger charge is 2.35. The molecule has 8 heteroatoms. The first-order chi connectivity index (χ1) is 8.82. The Kier molecular flexibility index (Phi) is 3.43. The van der Waals surface area contributed by atoms with Crippen molar-refractivity contribution in [3.8, 4) is 12.3 Å². The third-order valence-electron chi connectivity index (χ3n) is 2.95. The Hall–Kier alpha value is -1.71. The van der Waals surface area contributed by atoms with Crippen molar-refractivity contribution in [2.75, 3.05) is 0 Å². The van der Waals surface area contributed by atoms with Crippen LogP contribution in [0.3, 0.4) is 0 Å². The van der Waals surface area contributed by atoms with Crippen LogP contribution < -0.4 is 11.2 Å². The van der Waals surface area contributed by atoms with Gasteiger partial charge in [-0.1, -0.05) is 5.92 Å². The van der Waals surface area contributed by atoms with E-state index >= 15 is 0 Å². The van der Waals surface area contributed by atoms with Crippen LogP contribution in [0.15, 0.2) is 15.8 Å². The van der Waals surface area contributed by atoms with Gasteiger partial charge in [-0.2, -0.15) is 0 Å². The van der Waals surface area contributed by atoms with Crippen molar-refractivity contribution in [2.45, 2.75) is 30.6 Å². The normalized spacial score (nSPS) is 23.2. The van der Waals surface area contributed by atoms with Crippen LogP contribution in [0.1, 0.15) is 24.6 Å². The van der Waals surface area contributed by atoms with Crippen molar-refractivity contribution in [3.05, 3.63) is 32.6 Å². The predicted octanol–water partition coefficient (Wildman–Crippen LogP) is -1.82. The van der Waals surface area contributed by atoms with Gasteiger partial charge in [-0.3, -0.25) is 14.3 Å². The molecule has 2 atom stereocenters. The molecule has 0 spiro atoms. The third-order valence-corrected chi connectivity index (χ3v) is 2.95. The van der Waals surface area contributed by atoms with Crippen LogP contribution >= 0.6 is 0 Å². The van der Waals surface area contributed by atoms with Gasteiger partial charge in [-0.05, 0) is 12.8 Å². The second kappa shape index (κ2) is 4.76. The SMILES string of the molecule is [B]C([B])(O)C1CCC(n2cc(C#C)c(=O)[nH]c2=O)O1. The topological polar surface area (TPSA) is 84.3 Å². The van der Waals surface area contributed by atoms with E-state index in [0.29, 0.717) is 12.8 Å². The minimum Gasteiger partial charge on any atom is -0.407 e. The monoisotopic (exact) mass is 256 g/mol. The van der Waals surface area contributed by atoms with Gasteiger partial charge in [0.25, 0.3) is 5.56 Å². The third kappa shape index (κ3) is 2.67. The lowest BCUT2D eigenvalue weighted by atomic mass is 9.61. The first kappa shape index (κ1) is 13.7. The average Bonchev–Trinajstić information content (AvgIpc) is 2.78. The number of hydrogen-bond donors (Lipinski definition) is 2. The molecule has 2 rings (SSSR count). The molecule has 1 aromatic heterocycles. The molecule has 0 aliphatic carbocycles. The number of hydrogen-bond acceptors (Lipinski definition) is 4. The Balaban J connectivity index is 2.33. The molecule has 1 saturated heterocycles. The molecule has 6 nitrogen and oxygen atoms in total. The van der Waals surface area contributed by atoms with Gasteiger partial charge < -0.3 is 9.84 Å². The van der Waals surface area contributed by atoms with Crippen LogP contribution in [0.2, 0.25) is 0 Å². The van der Waals surface area contributed by atoms with Crippen LogP contribution in [-0.4, -0.2) is 41.9 Å². The lowest BCUT2D eigenvalue weighted by Crippen LogP contribution is -2.43. The van der Waals surface area contributed by atoms with E-state index < -0.39 is 29.0 Å². The molecule has 94 valence electrons. The van der Waals surface area contributed by atoms with E-state index in [1.54, 1.807) is 0 Å². The van der Waals surface area contributed by atoms with E-state index in [-0.39, 0.29) is 5.56 Å². The van der Waals surface area contributed by atoms with Crippen LogP contribution in [0.5, 0.6) is 0 Å². The van der Waals surface area contributed by atoms with E-state index in [2.05, 4.69) is 10.9 Å². The summed E-state index contributed by atoms with van der Waals surface area (Å²) in [7, 11) is 10.7. The maximum atomic E-state index is 11.7. The van der Waals surface area contributed by atoms with Gasteiger partial charge in [-0.25, -0.2) is 4.79 Å². The maximum Gasteiger partial charge on any atom is 0.330 e. The zero-order valence-corrected chi connectivity index (χ0v) is 10.00. The van der Waals surface area contributed by atoms with Crippen LogP contribution in [0, 0.1) is 12.3 Å². The summed E-state index contributed by atoms with van der Waals surface area (Å²) in [6.45, 7) is 0. The number of nitrogens with zero attached hydrogens (tertiary/aromatic N) is 1. The number of aromatic nitrogens is 2. The van der Waals surface area contributed by atoms with Crippen molar-refractivity contribution in [3.63, 3.8) is 0 Å². The Morgan fingerprint density at radius 3 is 2.74 bits per heavy atom. The predicted molar refractivity (Wildman–Crippen MR) is 68.9 cm³/mol. The summed E-state index contributed by atoms with van der Waals surface area (Å²) in [5, 5.41) is 7.47. The number of nitrogens with one attached hydrogen (secondary N) is 1. The number of H-pyrrole nitrogens is 1. The number of ether oxygens (including phenoxy) is 1. The molecular formula is C11H10B2N2O4. The summed E-state index contributed by atoms with van der Waals surface area (Å²) in [4.78, 5) is 25.1. The van der Waals surface area contributed by atoms with Crippen molar-refractivity contribution in [1.29, 1.82) is 0 Å². The van der Waals surface area contributed by atoms with E-state index in [4.69, 9.17) is 26.9 Å². The molecule has 19 heavy (non-hydrogen) atoms. The molecule has 0 aromatic carbocycles. The highest BCUT2D eigenvalue weighted by molar-refractivity contribution is 6.39. The fourth-order valence-corrected chi connectivity index (χ4v) is 1.97. The first-order valence-electron chi connectivity index (χ1n) is 5.60. The van der Waals surface area contributed by atoms with Crippen LogP contribution in [-0.2, 0) is 4.74 Å². The molecule has 1 fully saturated rings. The molecule has 0 amide bonds. The lowest BCUT2D eigenvalue weighted by molar-refractivity contribution is -0.0503. The number of rotatable bonds is 2. The van der Waals surface area contributed by atoms with Crippen LogP contribution in [0.4, 0.5) is 0 Å². The van der Waals surface area contributed by atoms with E-state index in [1.807, 2.05) is 0 Å². The lowest BCUT2D eigenvalue weighted by Gasteiger charge is -2.26. The second-order valence-corrected chi connectivity index (χ2v) is 4.40. The zero-order valence-electron chi connectivity index (χ0n) is 10.00. The molecular weight excluding hydrogens is 246 g/mol. The van der Waals surface area contributed by atoms with Crippen molar-refractivity contribution >= 4 is 15.7 Å². The summed E-state index contributed by atoms with van der Waals surface area (Å²) in [5.74, 6) is 2.17. The summed E-state index contributed by atoms with van der Waals surface area (Å²) in [6.07, 6.45) is 5.71. The molecule has 0 bridgehead atoms. The number of aliphatic hydroxyl groups is 1. The van der Waals surface area contributed by atoms with Gasteiger partial charge in [0, 0.05) is 11.6 Å². The van der Waals surface area contributed by atoms with Gasteiger partial charge in [0.15, 0.2) is 0 Å². The largest absolute Gasteiger partial charge is 0.407 e. The smallest absolute Gasteiger partial charge is 0.330 e. The van der Waals surface area contributed by atoms with Crippen molar-refractivity contribution in [1.82, 2.24) is 9.55 Å². The van der Waals surface area contributed by atoms with Crippen LogP contribution in [0.25, 0.3) is 0 Å². The highest BCUT2D eigenvalue weighted by Crippen LogP contribution is 2.30. The van der Waals surface area contributed by atoms with Gasteiger partial charge in [0.05, 0.1) is 6.10 Å². The maximum absolute atomic E-state index is 11.7. The summed E-state index contributed by atoms with van der Waals surface area (Å²) < 4.78 is 6.56. The van der Waals surface area contributed by atoms with E-state index in [1.165, 1.54) is 6.20 Å². The Morgan fingerprint density at radius 2 is 2.21 bits per heavy atom. The minimum atomic E-state index is -1.98. The summed E-state index contributed by atoms with van der Waals surface area (Å²) in [5.41, 5.74) is -1.26. The van der Waals surface area contributed by atoms with Crippen molar-refractivity contribution in [2.24, 2.45) is 0 Å². The average molecular weight is 256 g/mol. The highest BCUT2D eigenvalue weighted by atomic mass is 16.5. The molecule has 4 radical (unpaired) electrons. The fraction of sp³-hybridized carbons (Fsp3) is 0.455. The van der Waals surface area contributed by atoms with Gasteiger partial charge in [-0.15, -0.1) is 6.42 Å². The standard InChI is InChI=1S/C11H10B2N2O4/c1-2-6-5-15(10(17)14-9(6)16)8-4-3-7(19-8)11(12,13)18/h1,5,7-8,18H,3-4H2,(H,14,16,17). The fourth-order valence-electron chi connectivity index (χ4n) is 1.97. The molecule has 1 aliphatic rings. The molecule has 1 aromatic rings. The molecule has 2 N–H and O–H groups in total. The Morgan fingerprint density at radius 1 is 1.53 bits per heavy atom. The Bertz CT molecular complexity index is 638. The number of aromatic amines is 1. The molecule has 2 heterocycles. The molecule has 1 aliphatic heterocycles. The van der Waals surface area contributed by atoms with Gasteiger partial charge in [0.1, 0.15) is 27.5 Å². The Labute approximate surface area is 111 Å². The quantitative estimate of drug-likeness (QED) is 0.482. The van der Waals surface area contributed by atoms with Crippen molar-refractivity contribution < 1.29 is 9.84 Å². The van der Waals surface area contributed by atoms with Gasteiger partial charge >= 0.3 is 5.69 Å². The van der Waals surface area contributed by atoms with Gasteiger partial charge in [0.2, 0.25) is 0 Å².